The largest absolute Gasteiger partial charge is 0.467 e. The van der Waals surface area contributed by atoms with Crippen molar-refractivity contribution < 1.29 is 26.7 Å². The fourth-order valence-corrected chi connectivity index (χ4v) is 0.427. The highest BCUT2D eigenvalue weighted by Crippen LogP contribution is 1.85. The Bertz CT molecular complexity index is 203. The third-order valence-electron chi connectivity index (χ3n) is 0.553. The van der Waals surface area contributed by atoms with Crippen molar-refractivity contribution in [2.75, 3.05) is 13.7 Å². The summed E-state index contributed by atoms with van der Waals surface area (Å²) in [6.45, 7) is -0.810. The molecule has 0 aliphatic carbocycles. The molecule has 7 heteroatoms. The second-order valence-corrected chi connectivity index (χ2v) is 2.36. The predicted molar refractivity (Wildman–Crippen MR) is 29.5 cm³/mol. The van der Waals surface area contributed by atoms with Gasteiger partial charge in [-0.05, 0) is 0 Å². The van der Waals surface area contributed by atoms with Gasteiger partial charge < -0.3 is 4.74 Å². The highest BCUT2D eigenvalue weighted by Gasteiger charge is 2.08. The van der Waals surface area contributed by atoms with Crippen molar-refractivity contribution in [3.63, 3.8) is 0 Å². The lowest BCUT2D eigenvalue weighted by molar-refractivity contribution is -0.143. The highest BCUT2D eigenvalue weighted by molar-refractivity contribution is 7.80. The van der Waals surface area contributed by atoms with Crippen LogP contribution >= 0.6 is 0 Å². The summed E-state index contributed by atoms with van der Waals surface area (Å²) < 4.78 is 35.1. The van der Waals surface area contributed by atoms with E-state index in [1.54, 1.807) is 0 Å². The zero-order valence-electron chi connectivity index (χ0n) is 5.10. The summed E-state index contributed by atoms with van der Waals surface area (Å²) in [5, 5.41) is 0. The van der Waals surface area contributed by atoms with Crippen molar-refractivity contribution >= 4 is 16.4 Å². The lowest BCUT2D eigenvalue weighted by atomic mass is 10.8. The monoisotopic (exact) mass is 170 g/mol. The molecule has 0 aromatic heterocycles. The van der Waals surface area contributed by atoms with Gasteiger partial charge in [0.25, 0.3) is 0 Å². The maximum atomic E-state index is 10.1. The maximum absolute atomic E-state index is 10.1. The van der Waals surface area contributed by atoms with Gasteiger partial charge in [-0.25, -0.2) is 8.98 Å². The second-order valence-electron chi connectivity index (χ2n) is 1.27. The summed E-state index contributed by atoms with van der Waals surface area (Å²) in [5.74, 6) is -0.877. The van der Waals surface area contributed by atoms with Crippen LogP contribution in [0.4, 0.5) is 0 Å². The minimum Gasteiger partial charge on any atom is -0.467 e. The van der Waals surface area contributed by atoms with Gasteiger partial charge in [-0.3, -0.25) is 4.55 Å². The van der Waals surface area contributed by atoms with Crippen molar-refractivity contribution in [2.24, 2.45) is 0 Å². The van der Waals surface area contributed by atoms with Crippen LogP contribution in [0.2, 0.25) is 0 Å². The summed E-state index contributed by atoms with van der Waals surface area (Å²) >= 11 is 0. The molecule has 0 aromatic rings. The van der Waals surface area contributed by atoms with Gasteiger partial charge in [0.2, 0.25) is 0 Å². The molecule has 0 radical (unpaired) electrons. The summed E-state index contributed by atoms with van der Waals surface area (Å²) in [5.41, 5.74) is 0. The lowest BCUT2D eigenvalue weighted by Crippen LogP contribution is -2.14. The molecule has 0 aliphatic heterocycles. The molecule has 60 valence electrons. The van der Waals surface area contributed by atoms with Gasteiger partial charge in [0.1, 0.15) is 0 Å². The van der Waals surface area contributed by atoms with E-state index >= 15 is 0 Å². The lowest BCUT2D eigenvalue weighted by Gasteiger charge is -1.96. The maximum Gasteiger partial charge on any atom is 0.397 e. The molecular formula is C3H6O6S. The average Bonchev–Trinajstić information content (AvgIpc) is 1.81. The SMILES string of the molecule is COC(=O)COS(=O)(=O)O. The molecule has 0 saturated heterocycles. The van der Waals surface area contributed by atoms with E-state index in [1.165, 1.54) is 0 Å². The molecular weight excluding hydrogens is 164 g/mol. The van der Waals surface area contributed by atoms with Crippen molar-refractivity contribution in [3.8, 4) is 0 Å². The van der Waals surface area contributed by atoms with Crippen LogP contribution < -0.4 is 0 Å². The van der Waals surface area contributed by atoms with Crippen LogP contribution in [0.25, 0.3) is 0 Å². The Kier molecular flexibility index (Phi) is 3.26. The Morgan fingerprint density at radius 1 is 1.60 bits per heavy atom. The van der Waals surface area contributed by atoms with Crippen LogP contribution in [0.5, 0.6) is 0 Å². The van der Waals surface area contributed by atoms with Gasteiger partial charge in [-0.1, -0.05) is 0 Å². The molecule has 0 aliphatic rings. The molecule has 0 amide bonds. The van der Waals surface area contributed by atoms with Gasteiger partial charge in [-0.15, -0.1) is 0 Å². The Morgan fingerprint density at radius 2 is 2.10 bits per heavy atom. The summed E-state index contributed by atoms with van der Waals surface area (Å²) in [4.78, 5) is 10.1. The van der Waals surface area contributed by atoms with E-state index in [-0.39, 0.29) is 0 Å². The van der Waals surface area contributed by atoms with Gasteiger partial charge in [0.15, 0.2) is 6.61 Å². The Morgan fingerprint density at radius 3 is 2.40 bits per heavy atom. The first-order chi connectivity index (χ1) is 4.45. The number of hydrogen-bond acceptors (Lipinski definition) is 5. The normalized spacial score (nSPS) is 11.0. The Hall–Kier alpha value is -0.660. The first kappa shape index (κ1) is 9.34. The van der Waals surface area contributed by atoms with Crippen LogP contribution in [0, 0.1) is 0 Å². The highest BCUT2D eigenvalue weighted by atomic mass is 32.3. The molecule has 0 saturated carbocycles. The zero-order valence-corrected chi connectivity index (χ0v) is 5.92. The van der Waals surface area contributed by atoms with E-state index < -0.39 is 23.0 Å². The molecule has 0 rings (SSSR count). The number of carbonyl (C=O) groups excluding carboxylic acids is 1. The molecule has 0 fully saturated rings. The molecule has 10 heavy (non-hydrogen) atoms. The first-order valence-corrected chi connectivity index (χ1v) is 3.51. The second kappa shape index (κ2) is 3.49. The quantitative estimate of drug-likeness (QED) is 0.430. The smallest absolute Gasteiger partial charge is 0.397 e. The summed E-state index contributed by atoms with van der Waals surface area (Å²) in [7, 11) is -3.46. The number of ether oxygens (including phenoxy) is 1. The number of hydrogen-bond donors (Lipinski definition) is 1. The van der Waals surface area contributed by atoms with Crippen molar-refractivity contribution in [2.45, 2.75) is 0 Å². The van der Waals surface area contributed by atoms with Crippen molar-refractivity contribution in [3.05, 3.63) is 0 Å². The van der Waals surface area contributed by atoms with Gasteiger partial charge >= 0.3 is 16.4 Å². The number of esters is 1. The number of carbonyl (C=O) groups is 1. The Labute approximate surface area is 57.7 Å². The molecule has 1 N–H and O–H groups in total. The van der Waals surface area contributed by atoms with E-state index in [2.05, 4.69) is 8.92 Å². The molecule has 0 heterocycles. The zero-order chi connectivity index (χ0) is 8.20. The number of rotatable bonds is 3. The van der Waals surface area contributed by atoms with Gasteiger partial charge in [0, 0.05) is 0 Å². The first-order valence-electron chi connectivity index (χ1n) is 2.14. The molecule has 0 aromatic carbocycles. The topological polar surface area (TPSA) is 89.9 Å². The third kappa shape index (κ3) is 5.48. The van der Waals surface area contributed by atoms with Gasteiger partial charge in [0.05, 0.1) is 7.11 Å². The standard InChI is InChI=1S/C3H6O6S/c1-8-3(4)2-9-10(5,6)7/h2H2,1H3,(H,5,6,7). The fraction of sp³-hybridized carbons (Fsp3) is 0.667. The van der Waals surface area contributed by atoms with E-state index in [9.17, 15) is 13.2 Å². The fourth-order valence-electron chi connectivity index (χ4n) is 0.182. The molecule has 0 spiro atoms. The van der Waals surface area contributed by atoms with E-state index in [4.69, 9.17) is 4.55 Å². The predicted octanol–water partition coefficient (Wildman–Crippen LogP) is -1.02. The van der Waals surface area contributed by atoms with E-state index in [0.717, 1.165) is 7.11 Å². The van der Waals surface area contributed by atoms with Crippen LogP contribution in [0.1, 0.15) is 0 Å². The molecule has 0 bridgehead atoms. The van der Waals surface area contributed by atoms with Crippen LogP contribution in [0.15, 0.2) is 0 Å². The average molecular weight is 170 g/mol. The van der Waals surface area contributed by atoms with Crippen molar-refractivity contribution in [1.82, 2.24) is 0 Å². The van der Waals surface area contributed by atoms with Crippen LogP contribution in [-0.2, 0) is 24.1 Å². The third-order valence-corrected chi connectivity index (χ3v) is 0.969. The minimum absolute atomic E-state index is 0.810. The Balaban J connectivity index is 3.67. The minimum atomic E-state index is -4.53. The molecule has 0 unspecified atom stereocenters. The molecule has 6 nitrogen and oxygen atoms in total. The van der Waals surface area contributed by atoms with E-state index in [0.29, 0.717) is 0 Å². The van der Waals surface area contributed by atoms with Crippen LogP contribution in [0.3, 0.4) is 0 Å². The molecule has 0 atom stereocenters. The van der Waals surface area contributed by atoms with Crippen molar-refractivity contribution in [1.29, 1.82) is 0 Å². The summed E-state index contributed by atoms with van der Waals surface area (Å²) in [6.07, 6.45) is 0. The number of methoxy groups -OCH3 is 1. The van der Waals surface area contributed by atoms with E-state index in [1.807, 2.05) is 0 Å². The van der Waals surface area contributed by atoms with Gasteiger partial charge in [-0.2, -0.15) is 8.42 Å². The van der Waals surface area contributed by atoms with Crippen LogP contribution in [-0.4, -0.2) is 32.7 Å². The summed E-state index contributed by atoms with van der Waals surface area (Å²) in [6, 6.07) is 0.